The van der Waals surface area contributed by atoms with E-state index >= 15 is 0 Å². The summed E-state index contributed by atoms with van der Waals surface area (Å²) >= 11 is 0. The first kappa shape index (κ1) is 14.8. The van der Waals surface area contributed by atoms with Crippen LogP contribution in [0.4, 0.5) is 5.69 Å². The second-order valence-electron chi connectivity index (χ2n) is 5.11. The molecule has 0 amide bonds. The molecule has 2 heterocycles. The van der Waals surface area contributed by atoms with Crippen LogP contribution in [-0.4, -0.2) is 32.9 Å². The van der Waals surface area contributed by atoms with Crippen LogP contribution in [-0.2, 0) is 13.6 Å². The molecule has 0 aliphatic rings. The zero-order valence-corrected chi connectivity index (χ0v) is 12.7. The Balaban J connectivity index is 2.41. The highest BCUT2D eigenvalue weighted by Gasteiger charge is 2.16. The molecule has 0 fully saturated rings. The average Bonchev–Trinajstić information content (AvgIpc) is 2.82. The highest BCUT2D eigenvalue weighted by atomic mass is 16.4. The van der Waals surface area contributed by atoms with Crippen LogP contribution in [0.15, 0.2) is 23.6 Å². The lowest BCUT2D eigenvalue weighted by molar-refractivity contribution is 0.318. The van der Waals surface area contributed by atoms with Crippen LogP contribution in [0.25, 0.3) is 0 Å². The molecular formula is C14H20N6O. The van der Waals surface area contributed by atoms with Crippen LogP contribution in [0.5, 0.6) is 0 Å². The number of hydrogen-bond donors (Lipinski definition) is 2. The summed E-state index contributed by atoms with van der Waals surface area (Å²) < 4.78 is 1.76. The fraction of sp³-hybridized carbons (Fsp3) is 0.357. The van der Waals surface area contributed by atoms with Gasteiger partial charge in [-0.1, -0.05) is 5.16 Å². The van der Waals surface area contributed by atoms with Gasteiger partial charge in [-0.25, -0.2) is 0 Å². The van der Waals surface area contributed by atoms with Gasteiger partial charge in [0.25, 0.3) is 0 Å². The monoisotopic (exact) mass is 288 g/mol. The minimum absolute atomic E-state index is 0.0630. The number of pyridine rings is 1. The van der Waals surface area contributed by atoms with E-state index in [0.29, 0.717) is 12.1 Å². The average molecular weight is 288 g/mol. The lowest BCUT2D eigenvalue weighted by Gasteiger charge is -2.23. The molecule has 2 aromatic rings. The van der Waals surface area contributed by atoms with Crippen LogP contribution < -0.4 is 10.6 Å². The molecule has 0 bridgehead atoms. The number of hydrogen-bond acceptors (Lipinski definition) is 5. The van der Waals surface area contributed by atoms with Crippen LogP contribution in [0, 0.1) is 13.8 Å². The molecule has 0 atom stereocenters. The Morgan fingerprint density at radius 3 is 2.76 bits per heavy atom. The second kappa shape index (κ2) is 5.82. The quantitative estimate of drug-likeness (QED) is 0.381. The van der Waals surface area contributed by atoms with Crippen LogP contribution in [0.1, 0.15) is 22.5 Å². The largest absolute Gasteiger partial charge is 0.409 e. The Hall–Kier alpha value is -2.57. The molecule has 0 spiro atoms. The number of aromatic nitrogens is 3. The smallest absolute Gasteiger partial charge is 0.174 e. The lowest BCUT2D eigenvalue weighted by atomic mass is 10.1. The van der Waals surface area contributed by atoms with Gasteiger partial charge >= 0.3 is 0 Å². The maximum Gasteiger partial charge on any atom is 0.174 e. The van der Waals surface area contributed by atoms with E-state index in [9.17, 15) is 0 Å². The Bertz CT molecular complexity index is 676. The number of rotatable bonds is 4. The van der Waals surface area contributed by atoms with Crippen LogP contribution >= 0.6 is 0 Å². The zero-order chi connectivity index (χ0) is 15.6. The molecule has 0 aliphatic carbocycles. The third-order valence-electron chi connectivity index (χ3n) is 3.26. The van der Waals surface area contributed by atoms with E-state index in [-0.39, 0.29) is 5.84 Å². The number of aryl methyl sites for hydroxylation is 3. The third-order valence-corrected chi connectivity index (χ3v) is 3.26. The fourth-order valence-electron chi connectivity index (χ4n) is 2.39. The predicted molar refractivity (Wildman–Crippen MR) is 81.5 cm³/mol. The maximum atomic E-state index is 8.98. The van der Waals surface area contributed by atoms with Crippen molar-refractivity contribution in [2.45, 2.75) is 20.4 Å². The molecule has 2 aromatic heterocycles. The molecule has 2 rings (SSSR count). The molecule has 0 unspecified atom stereocenters. The van der Waals surface area contributed by atoms with Gasteiger partial charge in [0, 0.05) is 38.1 Å². The van der Waals surface area contributed by atoms with Crippen molar-refractivity contribution in [1.29, 1.82) is 0 Å². The maximum absolute atomic E-state index is 8.98. The molecule has 112 valence electrons. The molecule has 0 saturated carbocycles. The van der Waals surface area contributed by atoms with Crippen LogP contribution in [0.2, 0.25) is 0 Å². The molecule has 7 nitrogen and oxygen atoms in total. The van der Waals surface area contributed by atoms with Gasteiger partial charge in [0.1, 0.15) is 0 Å². The summed E-state index contributed by atoms with van der Waals surface area (Å²) in [7, 11) is 3.83. The highest BCUT2D eigenvalue weighted by Crippen LogP contribution is 2.24. The molecule has 21 heavy (non-hydrogen) atoms. The standard InChI is InChI=1S/C14H20N6O/c1-9-5-12(13(10(2)17-9)14(15)18-21)19(3)7-11-6-16-20(4)8-11/h5-6,8,21H,7H2,1-4H3,(H2,15,18). The predicted octanol–water partition coefficient (Wildman–Crippen LogP) is 1.16. The van der Waals surface area contributed by atoms with Crippen molar-refractivity contribution in [1.82, 2.24) is 14.8 Å². The van der Waals surface area contributed by atoms with E-state index in [1.165, 1.54) is 0 Å². The summed E-state index contributed by atoms with van der Waals surface area (Å²) in [6.45, 7) is 4.44. The van der Waals surface area contributed by atoms with E-state index in [0.717, 1.165) is 22.6 Å². The van der Waals surface area contributed by atoms with Crippen molar-refractivity contribution >= 4 is 11.5 Å². The van der Waals surface area contributed by atoms with Gasteiger partial charge in [-0.3, -0.25) is 9.67 Å². The second-order valence-corrected chi connectivity index (χ2v) is 5.11. The third kappa shape index (κ3) is 3.13. The first-order chi connectivity index (χ1) is 9.92. The number of nitrogens with two attached hydrogens (primary N) is 1. The van der Waals surface area contributed by atoms with E-state index < -0.39 is 0 Å². The van der Waals surface area contributed by atoms with Crippen molar-refractivity contribution in [2.75, 3.05) is 11.9 Å². The summed E-state index contributed by atoms with van der Waals surface area (Å²) in [5.41, 5.74) is 10.0. The van der Waals surface area contributed by atoms with Crippen molar-refractivity contribution in [3.8, 4) is 0 Å². The van der Waals surface area contributed by atoms with E-state index in [1.54, 1.807) is 4.68 Å². The van der Waals surface area contributed by atoms with Crippen LogP contribution in [0.3, 0.4) is 0 Å². The first-order valence-electron chi connectivity index (χ1n) is 6.57. The van der Waals surface area contributed by atoms with Gasteiger partial charge in [-0.05, 0) is 19.9 Å². The minimum atomic E-state index is 0.0630. The molecule has 0 radical (unpaired) electrons. The van der Waals surface area contributed by atoms with Gasteiger partial charge in [-0.2, -0.15) is 5.10 Å². The zero-order valence-electron chi connectivity index (χ0n) is 12.7. The normalized spacial score (nSPS) is 11.7. The van der Waals surface area contributed by atoms with Gasteiger partial charge in [0.15, 0.2) is 5.84 Å². The summed E-state index contributed by atoms with van der Waals surface area (Å²) in [6.07, 6.45) is 3.78. The summed E-state index contributed by atoms with van der Waals surface area (Å²) in [5, 5.41) is 16.3. The molecule has 0 aromatic carbocycles. The van der Waals surface area contributed by atoms with Crippen molar-refractivity contribution < 1.29 is 5.21 Å². The van der Waals surface area contributed by atoms with Crippen molar-refractivity contribution in [2.24, 2.45) is 17.9 Å². The molecular weight excluding hydrogens is 268 g/mol. The highest BCUT2D eigenvalue weighted by molar-refractivity contribution is 6.03. The number of nitrogens with zero attached hydrogens (tertiary/aromatic N) is 5. The number of oxime groups is 1. The lowest BCUT2D eigenvalue weighted by Crippen LogP contribution is -2.24. The fourth-order valence-corrected chi connectivity index (χ4v) is 2.39. The molecule has 0 aliphatic heterocycles. The Morgan fingerprint density at radius 1 is 1.48 bits per heavy atom. The minimum Gasteiger partial charge on any atom is -0.409 e. The van der Waals surface area contributed by atoms with Gasteiger partial charge in [-0.15, -0.1) is 0 Å². The summed E-state index contributed by atoms with van der Waals surface area (Å²) in [4.78, 5) is 6.42. The molecule has 7 heteroatoms. The van der Waals surface area contributed by atoms with Crippen molar-refractivity contribution in [3.05, 3.63) is 41.0 Å². The van der Waals surface area contributed by atoms with E-state index in [1.807, 2.05) is 51.3 Å². The first-order valence-corrected chi connectivity index (χ1v) is 6.57. The summed E-state index contributed by atoms with van der Waals surface area (Å²) in [5.74, 6) is 0.0630. The topological polar surface area (TPSA) is 92.6 Å². The Morgan fingerprint density at radius 2 is 2.19 bits per heavy atom. The number of amidine groups is 1. The summed E-state index contributed by atoms with van der Waals surface area (Å²) in [6, 6.07) is 1.93. The Kier molecular flexibility index (Phi) is 4.11. The van der Waals surface area contributed by atoms with Gasteiger partial charge < -0.3 is 15.8 Å². The van der Waals surface area contributed by atoms with E-state index in [2.05, 4.69) is 15.2 Å². The van der Waals surface area contributed by atoms with Crippen molar-refractivity contribution in [3.63, 3.8) is 0 Å². The van der Waals surface area contributed by atoms with E-state index in [4.69, 9.17) is 10.9 Å². The van der Waals surface area contributed by atoms with Gasteiger partial charge in [0.2, 0.25) is 0 Å². The number of anilines is 1. The Labute approximate surface area is 123 Å². The molecule has 0 saturated heterocycles. The van der Waals surface area contributed by atoms with Gasteiger partial charge in [0.05, 0.1) is 23.1 Å². The molecule has 3 N–H and O–H groups in total. The SMILES string of the molecule is Cc1cc(N(C)Cc2cnn(C)c2)c(/C(N)=N/O)c(C)n1.